The van der Waals surface area contributed by atoms with E-state index in [1.165, 1.54) is 5.56 Å². The lowest BCUT2D eigenvalue weighted by Crippen LogP contribution is -2.25. The molecule has 1 unspecified atom stereocenters. The Balaban J connectivity index is 2.31. The molecule has 0 aliphatic carbocycles. The Morgan fingerprint density at radius 1 is 1.28 bits per heavy atom. The summed E-state index contributed by atoms with van der Waals surface area (Å²) in [4.78, 5) is 0. The zero-order valence-electron chi connectivity index (χ0n) is 11.4. The number of rotatable bonds is 9. The first-order chi connectivity index (χ1) is 8.76. The van der Waals surface area contributed by atoms with Crippen LogP contribution in [0.3, 0.4) is 0 Å². The van der Waals surface area contributed by atoms with Crippen LogP contribution >= 0.6 is 0 Å². The second-order valence-corrected chi connectivity index (χ2v) is 4.53. The van der Waals surface area contributed by atoms with Gasteiger partial charge in [-0.3, -0.25) is 4.39 Å². The molecule has 1 rings (SSSR count). The minimum Gasteiger partial charge on any atom is -0.494 e. The van der Waals surface area contributed by atoms with E-state index in [0.29, 0.717) is 19.1 Å². The molecular weight excluding hydrogens is 229 g/mol. The fraction of sp³-hybridized carbons (Fsp3) is 0.600. The normalized spacial score (nSPS) is 12.4. The summed E-state index contributed by atoms with van der Waals surface area (Å²) >= 11 is 0. The molecule has 0 aliphatic heterocycles. The van der Waals surface area contributed by atoms with Crippen LogP contribution in [0, 0.1) is 0 Å². The highest BCUT2D eigenvalue weighted by molar-refractivity contribution is 5.27. The molecule has 1 atom stereocenters. The van der Waals surface area contributed by atoms with Gasteiger partial charge in [0.25, 0.3) is 0 Å². The zero-order chi connectivity index (χ0) is 13.2. The van der Waals surface area contributed by atoms with Gasteiger partial charge in [-0.05, 0) is 44.0 Å². The van der Waals surface area contributed by atoms with Gasteiger partial charge in [-0.25, -0.2) is 0 Å². The topological polar surface area (TPSA) is 21.3 Å². The summed E-state index contributed by atoms with van der Waals surface area (Å²) in [6.07, 6.45) is 2.66. The summed E-state index contributed by atoms with van der Waals surface area (Å²) in [6.45, 7) is 5.48. The Kier molecular flexibility index (Phi) is 7.42. The van der Waals surface area contributed by atoms with Crippen molar-refractivity contribution in [2.45, 2.75) is 39.2 Å². The van der Waals surface area contributed by atoms with Crippen LogP contribution in [0.25, 0.3) is 0 Å². The van der Waals surface area contributed by atoms with Gasteiger partial charge in [-0.1, -0.05) is 19.1 Å². The van der Waals surface area contributed by atoms with Gasteiger partial charge in [0.2, 0.25) is 0 Å². The Morgan fingerprint density at radius 2 is 2.00 bits per heavy atom. The van der Waals surface area contributed by atoms with Crippen LogP contribution in [0.5, 0.6) is 5.75 Å². The minimum absolute atomic E-state index is 0.319. The van der Waals surface area contributed by atoms with Crippen molar-refractivity contribution in [3.63, 3.8) is 0 Å². The van der Waals surface area contributed by atoms with Crippen molar-refractivity contribution in [2.24, 2.45) is 0 Å². The first-order valence-corrected chi connectivity index (χ1v) is 6.77. The summed E-state index contributed by atoms with van der Waals surface area (Å²) in [5.41, 5.74) is 1.32. The lowest BCUT2D eigenvalue weighted by Gasteiger charge is -2.12. The third-order valence-corrected chi connectivity index (χ3v) is 2.89. The van der Waals surface area contributed by atoms with Crippen LogP contribution in [-0.2, 0) is 6.42 Å². The number of halogens is 1. The van der Waals surface area contributed by atoms with Crippen LogP contribution in [0.15, 0.2) is 24.3 Å². The average Bonchev–Trinajstić information content (AvgIpc) is 2.38. The SMILES string of the molecule is CCNC(C)CCc1ccc(OCCCF)cc1. The van der Waals surface area contributed by atoms with Crippen LogP contribution in [-0.4, -0.2) is 25.9 Å². The van der Waals surface area contributed by atoms with Crippen molar-refractivity contribution in [1.82, 2.24) is 5.32 Å². The van der Waals surface area contributed by atoms with Gasteiger partial charge in [0.15, 0.2) is 0 Å². The molecular formula is C15H24FNO. The quantitative estimate of drug-likeness (QED) is 0.681. The van der Waals surface area contributed by atoms with Crippen LogP contribution < -0.4 is 10.1 Å². The molecule has 0 bridgehead atoms. The number of ether oxygens (including phenoxy) is 1. The maximum absolute atomic E-state index is 11.9. The summed E-state index contributed by atoms with van der Waals surface area (Å²) in [6, 6.07) is 8.65. The summed E-state index contributed by atoms with van der Waals surface area (Å²) in [5, 5.41) is 3.40. The Morgan fingerprint density at radius 3 is 2.61 bits per heavy atom. The zero-order valence-corrected chi connectivity index (χ0v) is 11.4. The summed E-state index contributed by atoms with van der Waals surface area (Å²) < 4.78 is 17.3. The first-order valence-electron chi connectivity index (χ1n) is 6.77. The fourth-order valence-electron chi connectivity index (χ4n) is 1.83. The van der Waals surface area contributed by atoms with Gasteiger partial charge in [0.05, 0.1) is 13.3 Å². The van der Waals surface area contributed by atoms with Gasteiger partial charge < -0.3 is 10.1 Å². The predicted molar refractivity (Wildman–Crippen MR) is 74.0 cm³/mol. The Bertz CT molecular complexity index is 313. The summed E-state index contributed by atoms with van der Waals surface area (Å²) in [5.74, 6) is 0.826. The van der Waals surface area contributed by atoms with E-state index >= 15 is 0 Å². The standard InChI is InChI=1S/C15H24FNO/c1-3-17-13(2)5-6-14-7-9-15(10-8-14)18-12-4-11-16/h7-10,13,17H,3-6,11-12H2,1-2H3. The average molecular weight is 253 g/mol. The van der Waals surface area contributed by atoms with Gasteiger partial charge in [0.1, 0.15) is 5.75 Å². The highest BCUT2D eigenvalue weighted by Crippen LogP contribution is 2.14. The van der Waals surface area contributed by atoms with E-state index in [2.05, 4.69) is 31.3 Å². The van der Waals surface area contributed by atoms with Crippen molar-refractivity contribution in [3.8, 4) is 5.75 Å². The lowest BCUT2D eigenvalue weighted by atomic mass is 10.1. The van der Waals surface area contributed by atoms with E-state index in [-0.39, 0.29) is 6.67 Å². The van der Waals surface area contributed by atoms with Crippen LogP contribution in [0.4, 0.5) is 4.39 Å². The van der Waals surface area contributed by atoms with E-state index in [9.17, 15) is 4.39 Å². The Hall–Kier alpha value is -1.09. The molecule has 1 aromatic rings. The molecule has 0 heterocycles. The van der Waals surface area contributed by atoms with Gasteiger partial charge in [-0.2, -0.15) is 0 Å². The Labute approximate surface area is 110 Å². The maximum Gasteiger partial charge on any atom is 0.119 e. The molecule has 0 aromatic heterocycles. The van der Waals surface area contributed by atoms with E-state index in [1.807, 2.05) is 12.1 Å². The molecule has 1 N–H and O–H groups in total. The molecule has 18 heavy (non-hydrogen) atoms. The van der Waals surface area contributed by atoms with Gasteiger partial charge in [0, 0.05) is 12.5 Å². The van der Waals surface area contributed by atoms with Gasteiger partial charge in [-0.15, -0.1) is 0 Å². The maximum atomic E-state index is 11.9. The molecule has 2 nitrogen and oxygen atoms in total. The number of hydrogen-bond donors (Lipinski definition) is 1. The molecule has 0 amide bonds. The lowest BCUT2D eigenvalue weighted by molar-refractivity contribution is 0.289. The largest absolute Gasteiger partial charge is 0.494 e. The molecule has 0 fully saturated rings. The van der Waals surface area contributed by atoms with Crippen LogP contribution in [0.2, 0.25) is 0 Å². The smallest absolute Gasteiger partial charge is 0.119 e. The van der Waals surface area contributed by atoms with Crippen molar-refractivity contribution in [1.29, 1.82) is 0 Å². The molecule has 0 radical (unpaired) electrons. The third-order valence-electron chi connectivity index (χ3n) is 2.89. The van der Waals surface area contributed by atoms with Crippen molar-refractivity contribution in [3.05, 3.63) is 29.8 Å². The minimum atomic E-state index is -0.319. The van der Waals surface area contributed by atoms with Crippen LogP contribution in [0.1, 0.15) is 32.3 Å². The molecule has 1 aromatic carbocycles. The van der Waals surface area contributed by atoms with E-state index < -0.39 is 0 Å². The van der Waals surface area contributed by atoms with E-state index in [1.54, 1.807) is 0 Å². The van der Waals surface area contributed by atoms with Gasteiger partial charge >= 0.3 is 0 Å². The van der Waals surface area contributed by atoms with E-state index in [0.717, 1.165) is 25.1 Å². The second kappa shape index (κ2) is 8.92. The predicted octanol–water partition coefficient (Wildman–Crippen LogP) is 3.36. The monoisotopic (exact) mass is 253 g/mol. The number of alkyl halides is 1. The number of nitrogens with one attached hydrogen (secondary N) is 1. The molecule has 0 aliphatic rings. The van der Waals surface area contributed by atoms with Crippen molar-refractivity contribution >= 4 is 0 Å². The van der Waals surface area contributed by atoms with Crippen molar-refractivity contribution in [2.75, 3.05) is 19.8 Å². The summed E-state index contributed by atoms with van der Waals surface area (Å²) in [7, 11) is 0. The number of aryl methyl sites for hydroxylation is 1. The molecule has 0 saturated carbocycles. The molecule has 102 valence electrons. The van der Waals surface area contributed by atoms with Crippen molar-refractivity contribution < 1.29 is 9.13 Å². The second-order valence-electron chi connectivity index (χ2n) is 4.53. The third kappa shape index (κ3) is 6.01. The first kappa shape index (κ1) is 15.0. The number of hydrogen-bond acceptors (Lipinski definition) is 2. The molecule has 0 saturated heterocycles. The fourth-order valence-corrected chi connectivity index (χ4v) is 1.83. The van der Waals surface area contributed by atoms with E-state index in [4.69, 9.17) is 4.74 Å². The molecule has 3 heteroatoms. The number of benzene rings is 1. The highest BCUT2D eigenvalue weighted by atomic mass is 19.1. The molecule has 0 spiro atoms. The highest BCUT2D eigenvalue weighted by Gasteiger charge is 2.01.